The van der Waals surface area contributed by atoms with Gasteiger partial charge in [0.1, 0.15) is 11.5 Å². The van der Waals surface area contributed by atoms with Gasteiger partial charge >= 0.3 is 0 Å². The third-order valence-electron chi connectivity index (χ3n) is 3.30. The van der Waals surface area contributed by atoms with Crippen LogP contribution in [0.1, 0.15) is 29.7 Å². The van der Waals surface area contributed by atoms with E-state index in [1.807, 2.05) is 31.3 Å². The molecule has 20 heavy (non-hydrogen) atoms. The molecule has 0 heterocycles. The number of benzene rings is 2. The number of hydrogen-bond donors (Lipinski definition) is 1. The lowest BCUT2D eigenvalue weighted by atomic mass is 10.1. The second-order valence-corrected chi connectivity index (χ2v) is 5.97. The number of halogens is 1. The Morgan fingerprint density at radius 3 is 2.20 bits per heavy atom. The highest BCUT2D eigenvalue weighted by Crippen LogP contribution is 2.30. The SMILES string of the molecule is CNC(C)c1ccc(Oc2cc(C)cc(C)c2)cc1Br. The first-order chi connectivity index (χ1) is 9.49. The van der Waals surface area contributed by atoms with E-state index < -0.39 is 0 Å². The van der Waals surface area contributed by atoms with Crippen molar-refractivity contribution in [2.24, 2.45) is 0 Å². The first-order valence-electron chi connectivity index (χ1n) is 6.72. The highest BCUT2D eigenvalue weighted by molar-refractivity contribution is 9.10. The second kappa shape index (κ2) is 6.42. The highest BCUT2D eigenvalue weighted by atomic mass is 79.9. The van der Waals surface area contributed by atoms with E-state index in [0.29, 0.717) is 6.04 Å². The summed E-state index contributed by atoms with van der Waals surface area (Å²) in [6.07, 6.45) is 0. The van der Waals surface area contributed by atoms with Gasteiger partial charge in [-0.3, -0.25) is 0 Å². The smallest absolute Gasteiger partial charge is 0.128 e. The molecule has 0 saturated carbocycles. The van der Waals surface area contributed by atoms with Crippen LogP contribution in [0, 0.1) is 13.8 Å². The average molecular weight is 334 g/mol. The van der Waals surface area contributed by atoms with E-state index in [2.05, 4.69) is 54.2 Å². The Morgan fingerprint density at radius 2 is 1.65 bits per heavy atom. The molecule has 3 heteroatoms. The Bertz CT molecular complexity index is 590. The van der Waals surface area contributed by atoms with E-state index in [9.17, 15) is 0 Å². The number of rotatable bonds is 4. The third-order valence-corrected chi connectivity index (χ3v) is 3.99. The van der Waals surface area contributed by atoms with Gasteiger partial charge in [0.2, 0.25) is 0 Å². The normalized spacial score (nSPS) is 12.2. The average Bonchev–Trinajstić information content (AvgIpc) is 2.36. The number of nitrogens with one attached hydrogen (secondary N) is 1. The van der Waals surface area contributed by atoms with Gasteiger partial charge in [-0.1, -0.05) is 28.1 Å². The van der Waals surface area contributed by atoms with E-state index in [1.54, 1.807) is 0 Å². The number of aryl methyl sites for hydroxylation is 2. The molecule has 1 unspecified atom stereocenters. The van der Waals surface area contributed by atoms with E-state index in [0.717, 1.165) is 16.0 Å². The van der Waals surface area contributed by atoms with Gasteiger partial charge in [-0.05, 0) is 68.8 Å². The fourth-order valence-corrected chi connectivity index (χ4v) is 2.91. The van der Waals surface area contributed by atoms with Crippen molar-refractivity contribution in [1.29, 1.82) is 0 Å². The zero-order valence-electron chi connectivity index (χ0n) is 12.3. The zero-order chi connectivity index (χ0) is 14.7. The minimum absolute atomic E-state index is 0.305. The Hall–Kier alpha value is -1.32. The predicted octanol–water partition coefficient (Wildman–Crippen LogP) is 5.14. The molecule has 1 N–H and O–H groups in total. The molecule has 2 aromatic carbocycles. The molecular formula is C17H20BrNO. The molecule has 2 rings (SSSR count). The van der Waals surface area contributed by atoms with Crippen molar-refractivity contribution in [2.75, 3.05) is 7.05 Å². The molecule has 0 aliphatic heterocycles. The third kappa shape index (κ3) is 3.62. The minimum Gasteiger partial charge on any atom is -0.457 e. The predicted molar refractivity (Wildman–Crippen MR) is 87.6 cm³/mol. The molecule has 0 saturated heterocycles. The molecule has 2 aromatic rings. The van der Waals surface area contributed by atoms with Crippen LogP contribution in [-0.4, -0.2) is 7.05 Å². The summed E-state index contributed by atoms with van der Waals surface area (Å²) in [7, 11) is 1.96. The fraction of sp³-hybridized carbons (Fsp3) is 0.294. The van der Waals surface area contributed by atoms with Gasteiger partial charge in [-0.2, -0.15) is 0 Å². The maximum absolute atomic E-state index is 5.94. The van der Waals surface area contributed by atoms with Gasteiger partial charge in [0.15, 0.2) is 0 Å². The van der Waals surface area contributed by atoms with Gasteiger partial charge in [-0.15, -0.1) is 0 Å². The van der Waals surface area contributed by atoms with E-state index in [4.69, 9.17) is 4.74 Å². The highest BCUT2D eigenvalue weighted by Gasteiger charge is 2.09. The lowest BCUT2D eigenvalue weighted by Crippen LogP contribution is -2.12. The lowest BCUT2D eigenvalue weighted by Gasteiger charge is -2.14. The number of ether oxygens (including phenoxy) is 1. The van der Waals surface area contributed by atoms with Crippen LogP contribution in [0.15, 0.2) is 40.9 Å². The van der Waals surface area contributed by atoms with Crippen molar-refractivity contribution in [3.05, 3.63) is 57.6 Å². The second-order valence-electron chi connectivity index (χ2n) is 5.12. The summed E-state index contributed by atoms with van der Waals surface area (Å²) in [5.41, 5.74) is 3.64. The quantitative estimate of drug-likeness (QED) is 0.836. The van der Waals surface area contributed by atoms with Gasteiger partial charge < -0.3 is 10.1 Å². The molecule has 1 atom stereocenters. The van der Waals surface area contributed by atoms with E-state index in [-0.39, 0.29) is 0 Å². The first-order valence-corrected chi connectivity index (χ1v) is 7.52. The molecular weight excluding hydrogens is 314 g/mol. The standard InChI is InChI=1S/C17H20BrNO/c1-11-7-12(2)9-15(8-11)20-14-5-6-16(13(3)19-4)17(18)10-14/h5-10,13,19H,1-4H3. The Balaban J connectivity index is 2.24. The van der Waals surface area contributed by atoms with Gasteiger partial charge in [0, 0.05) is 10.5 Å². The van der Waals surface area contributed by atoms with Crippen LogP contribution in [-0.2, 0) is 0 Å². The Kier molecular flexibility index (Phi) is 4.84. The fourth-order valence-electron chi connectivity index (χ4n) is 2.21. The van der Waals surface area contributed by atoms with Crippen molar-refractivity contribution < 1.29 is 4.74 Å². The van der Waals surface area contributed by atoms with Crippen LogP contribution in [0.5, 0.6) is 11.5 Å². The van der Waals surface area contributed by atoms with Crippen LogP contribution in [0.4, 0.5) is 0 Å². The molecule has 2 nitrogen and oxygen atoms in total. The van der Waals surface area contributed by atoms with Gasteiger partial charge in [0.05, 0.1) is 0 Å². The molecule has 0 bridgehead atoms. The van der Waals surface area contributed by atoms with Crippen molar-refractivity contribution in [1.82, 2.24) is 5.32 Å². The van der Waals surface area contributed by atoms with E-state index >= 15 is 0 Å². The van der Waals surface area contributed by atoms with Crippen LogP contribution in [0.3, 0.4) is 0 Å². The summed E-state index contributed by atoms with van der Waals surface area (Å²) < 4.78 is 7.00. The van der Waals surface area contributed by atoms with Gasteiger partial charge in [-0.25, -0.2) is 0 Å². The zero-order valence-corrected chi connectivity index (χ0v) is 13.9. The monoisotopic (exact) mass is 333 g/mol. The van der Waals surface area contributed by atoms with Crippen LogP contribution >= 0.6 is 15.9 Å². The largest absolute Gasteiger partial charge is 0.457 e. The molecule has 0 aromatic heterocycles. The van der Waals surface area contributed by atoms with Crippen LogP contribution < -0.4 is 10.1 Å². The Morgan fingerprint density at radius 1 is 1.00 bits per heavy atom. The molecule has 0 aliphatic rings. The van der Waals surface area contributed by atoms with Gasteiger partial charge in [0.25, 0.3) is 0 Å². The molecule has 106 valence electrons. The Labute approximate surface area is 129 Å². The summed E-state index contributed by atoms with van der Waals surface area (Å²) in [5, 5.41) is 3.24. The van der Waals surface area contributed by atoms with Crippen molar-refractivity contribution in [2.45, 2.75) is 26.8 Å². The molecule has 0 amide bonds. The number of hydrogen-bond acceptors (Lipinski definition) is 2. The summed E-state index contributed by atoms with van der Waals surface area (Å²) in [6.45, 7) is 6.28. The summed E-state index contributed by atoms with van der Waals surface area (Å²) in [4.78, 5) is 0. The summed E-state index contributed by atoms with van der Waals surface area (Å²) in [5.74, 6) is 1.72. The lowest BCUT2D eigenvalue weighted by molar-refractivity contribution is 0.481. The van der Waals surface area contributed by atoms with Crippen LogP contribution in [0.2, 0.25) is 0 Å². The van der Waals surface area contributed by atoms with Crippen molar-refractivity contribution in [3.63, 3.8) is 0 Å². The topological polar surface area (TPSA) is 21.3 Å². The van der Waals surface area contributed by atoms with Crippen LogP contribution in [0.25, 0.3) is 0 Å². The van der Waals surface area contributed by atoms with Crippen molar-refractivity contribution in [3.8, 4) is 11.5 Å². The maximum Gasteiger partial charge on any atom is 0.128 e. The van der Waals surface area contributed by atoms with Crippen molar-refractivity contribution >= 4 is 15.9 Å². The molecule has 0 spiro atoms. The molecule has 0 fully saturated rings. The maximum atomic E-state index is 5.94. The molecule has 0 radical (unpaired) electrons. The summed E-state index contributed by atoms with van der Waals surface area (Å²) in [6, 6.07) is 12.6. The van der Waals surface area contributed by atoms with E-state index in [1.165, 1.54) is 16.7 Å². The first kappa shape index (κ1) is 15.1. The minimum atomic E-state index is 0.305. The molecule has 0 aliphatic carbocycles. The summed E-state index contributed by atoms with van der Waals surface area (Å²) >= 11 is 3.61.